The van der Waals surface area contributed by atoms with Gasteiger partial charge in [0.1, 0.15) is 5.82 Å². The van der Waals surface area contributed by atoms with Gasteiger partial charge in [-0.3, -0.25) is 4.98 Å². The van der Waals surface area contributed by atoms with E-state index < -0.39 is 10.0 Å². The SMILES string of the molecule is CCCNCc1cncc(N2CCN(S(C)(=O)=O)CC2)n1. The number of hydrogen-bond acceptors (Lipinski definition) is 6. The van der Waals surface area contributed by atoms with Crippen LogP contribution >= 0.6 is 0 Å². The maximum Gasteiger partial charge on any atom is 0.211 e. The maximum absolute atomic E-state index is 11.5. The van der Waals surface area contributed by atoms with Crippen LogP contribution in [0.4, 0.5) is 5.82 Å². The molecule has 118 valence electrons. The van der Waals surface area contributed by atoms with Crippen LogP contribution in [0.3, 0.4) is 0 Å². The van der Waals surface area contributed by atoms with E-state index in [9.17, 15) is 8.42 Å². The molecular formula is C13H23N5O2S. The van der Waals surface area contributed by atoms with Gasteiger partial charge in [-0.05, 0) is 13.0 Å². The second-order valence-electron chi connectivity index (χ2n) is 5.19. The lowest BCUT2D eigenvalue weighted by atomic mass is 10.3. The zero-order valence-electron chi connectivity index (χ0n) is 12.6. The van der Waals surface area contributed by atoms with Crippen molar-refractivity contribution in [1.82, 2.24) is 19.6 Å². The predicted molar refractivity (Wildman–Crippen MR) is 82.7 cm³/mol. The van der Waals surface area contributed by atoms with Crippen molar-refractivity contribution in [3.63, 3.8) is 0 Å². The van der Waals surface area contributed by atoms with Crippen molar-refractivity contribution < 1.29 is 8.42 Å². The molecule has 8 heteroatoms. The lowest BCUT2D eigenvalue weighted by molar-refractivity contribution is 0.386. The second-order valence-corrected chi connectivity index (χ2v) is 7.18. The number of nitrogens with zero attached hydrogens (tertiary/aromatic N) is 4. The number of rotatable bonds is 6. The normalized spacial score (nSPS) is 17.1. The van der Waals surface area contributed by atoms with E-state index in [1.165, 1.54) is 10.6 Å². The van der Waals surface area contributed by atoms with Gasteiger partial charge in [-0.25, -0.2) is 13.4 Å². The molecule has 7 nitrogen and oxygen atoms in total. The summed E-state index contributed by atoms with van der Waals surface area (Å²) in [5.74, 6) is 0.818. The lowest BCUT2D eigenvalue weighted by Crippen LogP contribution is -2.48. The Bertz CT molecular complexity index is 555. The van der Waals surface area contributed by atoms with Crippen LogP contribution < -0.4 is 10.2 Å². The average molecular weight is 313 g/mol. The van der Waals surface area contributed by atoms with Crippen molar-refractivity contribution >= 4 is 15.8 Å². The number of sulfonamides is 1. The summed E-state index contributed by atoms with van der Waals surface area (Å²) in [6.07, 6.45) is 5.83. The first-order valence-electron chi connectivity index (χ1n) is 7.22. The molecule has 0 amide bonds. The summed E-state index contributed by atoms with van der Waals surface area (Å²) in [4.78, 5) is 10.9. The van der Waals surface area contributed by atoms with E-state index in [0.29, 0.717) is 32.7 Å². The third kappa shape index (κ3) is 4.62. The molecular weight excluding hydrogens is 290 g/mol. The highest BCUT2D eigenvalue weighted by Gasteiger charge is 2.24. The number of aromatic nitrogens is 2. The summed E-state index contributed by atoms with van der Waals surface area (Å²) in [6, 6.07) is 0. The zero-order valence-corrected chi connectivity index (χ0v) is 13.4. The summed E-state index contributed by atoms with van der Waals surface area (Å²) in [5.41, 5.74) is 0.909. The van der Waals surface area contributed by atoms with Gasteiger partial charge in [0.25, 0.3) is 0 Å². The molecule has 21 heavy (non-hydrogen) atoms. The fourth-order valence-electron chi connectivity index (χ4n) is 2.27. The molecule has 1 aliphatic rings. The number of piperazine rings is 1. The number of hydrogen-bond donors (Lipinski definition) is 1. The van der Waals surface area contributed by atoms with Crippen molar-refractivity contribution in [1.29, 1.82) is 0 Å². The molecule has 1 fully saturated rings. The molecule has 0 saturated carbocycles. The standard InChI is InChI=1S/C13H23N5O2S/c1-3-4-14-9-12-10-15-11-13(16-12)17-5-7-18(8-6-17)21(2,19)20/h10-11,14H,3-9H2,1-2H3. The number of anilines is 1. The molecule has 0 aromatic carbocycles. The topological polar surface area (TPSA) is 78.4 Å². The Balaban J connectivity index is 1.95. The summed E-state index contributed by atoms with van der Waals surface area (Å²) >= 11 is 0. The maximum atomic E-state index is 11.5. The molecule has 2 heterocycles. The Morgan fingerprint density at radius 1 is 1.24 bits per heavy atom. The third-order valence-corrected chi connectivity index (χ3v) is 4.74. The number of nitrogens with one attached hydrogen (secondary N) is 1. The molecule has 1 N–H and O–H groups in total. The van der Waals surface area contributed by atoms with E-state index in [-0.39, 0.29) is 0 Å². The van der Waals surface area contributed by atoms with Crippen LogP contribution in [0, 0.1) is 0 Å². The molecule has 1 saturated heterocycles. The minimum atomic E-state index is -3.09. The van der Waals surface area contributed by atoms with Crippen LogP contribution in [-0.4, -0.2) is 61.7 Å². The Morgan fingerprint density at radius 2 is 1.95 bits per heavy atom. The molecule has 0 atom stereocenters. The lowest BCUT2D eigenvalue weighted by Gasteiger charge is -2.33. The molecule has 2 rings (SSSR count). The average Bonchev–Trinajstić information content (AvgIpc) is 2.47. The summed E-state index contributed by atoms with van der Waals surface area (Å²) in [5, 5.41) is 3.30. The Labute approximate surface area is 126 Å². The van der Waals surface area contributed by atoms with Gasteiger partial charge in [-0.2, -0.15) is 4.31 Å². The van der Waals surface area contributed by atoms with Crippen LogP contribution in [-0.2, 0) is 16.6 Å². The van der Waals surface area contributed by atoms with Crippen molar-refractivity contribution in [2.75, 3.05) is 43.9 Å². The Kier molecular flexibility index (Phi) is 5.49. The summed E-state index contributed by atoms with van der Waals surface area (Å²) in [6.45, 7) is 6.08. The van der Waals surface area contributed by atoms with Crippen molar-refractivity contribution in [3.8, 4) is 0 Å². The minimum Gasteiger partial charge on any atom is -0.353 e. The fourth-order valence-corrected chi connectivity index (χ4v) is 3.10. The highest BCUT2D eigenvalue weighted by Crippen LogP contribution is 2.14. The van der Waals surface area contributed by atoms with Gasteiger partial charge in [0.05, 0.1) is 18.1 Å². The first-order chi connectivity index (χ1) is 10.0. The first kappa shape index (κ1) is 16.1. The molecule has 0 spiro atoms. The van der Waals surface area contributed by atoms with Crippen molar-refractivity contribution in [2.24, 2.45) is 0 Å². The van der Waals surface area contributed by atoms with Crippen molar-refractivity contribution in [3.05, 3.63) is 18.1 Å². The van der Waals surface area contributed by atoms with Crippen LogP contribution in [0.25, 0.3) is 0 Å². The molecule has 1 aromatic heterocycles. The van der Waals surface area contributed by atoms with Gasteiger partial charge >= 0.3 is 0 Å². The molecule has 0 aliphatic carbocycles. The van der Waals surface area contributed by atoms with Crippen LogP contribution in [0.15, 0.2) is 12.4 Å². The van der Waals surface area contributed by atoms with Gasteiger partial charge in [0.2, 0.25) is 10.0 Å². The highest BCUT2D eigenvalue weighted by atomic mass is 32.2. The van der Waals surface area contributed by atoms with Gasteiger partial charge < -0.3 is 10.2 Å². The molecule has 0 radical (unpaired) electrons. The summed E-state index contributed by atoms with van der Waals surface area (Å²) < 4.78 is 24.5. The monoisotopic (exact) mass is 313 g/mol. The van der Waals surface area contributed by atoms with E-state index in [0.717, 1.165) is 24.5 Å². The molecule has 0 bridgehead atoms. The highest BCUT2D eigenvalue weighted by molar-refractivity contribution is 7.88. The first-order valence-corrected chi connectivity index (χ1v) is 9.07. The van der Waals surface area contributed by atoms with Crippen LogP contribution in [0.5, 0.6) is 0 Å². The minimum absolute atomic E-state index is 0.499. The van der Waals surface area contributed by atoms with E-state index in [1.807, 2.05) is 0 Å². The zero-order chi connectivity index (χ0) is 15.3. The van der Waals surface area contributed by atoms with Gasteiger partial charge in [-0.15, -0.1) is 0 Å². The van der Waals surface area contributed by atoms with E-state index in [1.54, 1.807) is 12.4 Å². The van der Waals surface area contributed by atoms with E-state index >= 15 is 0 Å². The molecule has 1 aromatic rings. The third-order valence-electron chi connectivity index (χ3n) is 3.44. The van der Waals surface area contributed by atoms with E-state index in [4.69, 9.17) is 0 Å². The fraction of sp³-hybridized carbons (Fsp3) is 0.692. The quantitative estimate of drug-likeness (QED) is 0.748. The Hall–Kier alpha value is -1.25. The van der Waals surface area contributed by atoms with Crippen molar-refractivity contribution in [2.45, 2.75) is 19.9 Å². The van der Waals surface area contributed by atoms with Gasteiger partial charge in [0, 0.05) is 38.9 Å². The largest absolute Gasteiger partial charge is 0.353 e. The summed E-state index contributed by atoms with van der Waals surface area (Å²) in [7, 11) is -3.09. The van der Waals surface area contributed by atoms with Crippen LogP contribution in [0.2, 0.25) is 0 Å². The van der Waals surface area contributed by atoms with Gasteiger partial charge in [0.15, 0.2) is 0 Å². The Morgan fingerprint density at radius 3 is 2.57 bits per heavy atom. The predicted octanol–water partition coefficient (Wildman–Crippen LogP) is 0.0578. The van der Waals surface area contributed by atoms with Crippen LogP contribution in [0.1, 0.15) is 19.0 Å². The van der Waals surface area contributed by atoms with E-state index in [2.05, 4.69) is 27.1 Å². The second kappa shape index (κ2) is 7.15. The molecule has 0 unspecified atom stereocenters. The molecule has 1 aliphatic heterocycles. The van der Waals surface area contributed by atoms with Gasteiger partial charge in [-0.1, -0.05) is 6.92 Å². The smallest absolute Gasteiger partial charge is 0.211 e.